The van der Waals surface area contributed by atoms with Gasteiger partial charge in [-0.2, -0.15) is 0 Å². The molecule has 0 saturated carbocycles. The number of anilines is 1. The average Bonchev–Trinajstić information content (AvgIpc) is 2.73. The van der Waals surface area contributed by atoms with Gasteiger partial charge in [-0.3, -0.25) is 4.79 Å². The first-order valence-corrected chi connectivity index (χ1v) is 9.80. The lowest BCUT2D eigenvalue weighted by atomic mass is 9.77. The number of rotatable bonds is 4. The van der Waals surface area contributed by atoms with Gasteiger partial charge in [0.2, 0.25) is 0 Å². The van der Waals surface area contributed by atoms with Crippen molar-refractivity contribution in [3.05, 3.63) is 100 Å². The molecule has 29 heavy (non-hydrogen) atoms. The maximum Gasteiger partial charge on any atom is 0.260 e. The number of amides is 1. The predicted octanol–water partition coefficient (Wildman–Crippen LogP) is 4.45. The van der Waals surface area contributed by atoms with Crippen molar-refractivity contribution >= 4 is 23.2 Å². The van der Waals surface area contributed by atoms with Crippen LogP contribution in [0.2, 0.25) is 5.02 Å². The van der Waals surface area contributed by atoms with Crippen LogP contribution in [0.1, 0.15) is 22.3 Å². The summed E-state index contributed by atoms with van der Waals surface area (Å²) in [5.41, 5.74) is 2.29. The molecule has 0 saturated heterocycles. The van der Waals surface area contributed by atoms with Gasteiger partial charge in [-0.25, -0.2) is 0 Å². The first-order valence-electron chi connectivity index (χ1n) is 9.43. The van der Waals surface area contributed by atoms with E-state index in [0.717, 1.165) is 11.1 Å². The van der Waals surface area contributed by atoms with E-state index in [9.17, 15) is 9.90 Å². The third kappa shape index (κ3) is 3.33. The zero-order valence-electron chi connectivity index (χ0n) is 16.3. The molecule has 3 aromatic carbocycles. The number of carbonyl (C=O) groups excluding carboxylic acids is 1. The fourth-order valence-electron chi connectivity index (χ4n) is 3.94. The minimum Gasteiger partial charge on any atom is -0.377 e. The number of methoxy groups -OCH3 is 1. The molecule has 4 rings (SSSR count). The molecule has 4 nitrogen and oxygen atoms in total. The molecule has 1 aliphatic rings. The number of nitrogens with zero attached hydrogens (tertiary/aromatic N) is 1. The minimum absolute atomic E-state index is 0.311. The van der Waals surface area contributed by atoms with E-state index in [-0.39, 0.29) is 5.91 Å². The molecule has 1 N–H and O–H groups in total. The molecule has 148 valence electrons. The molecule has 2 unspecified atom stereocenters. The Bertz CT molecular complexity index is 1040. The standard InChI is InChI=1S/C24H22ClNO3/c1-16-8-10-17(11-9-16)15-26-21-14-19(25)12-13-20(21)24(28,22(29-2)23(26)27)18-6-4-3-5-7-18/h3-14,22,28H,15H2,1-2H3. The van der Waals surface area contributed by atoms with Crippen LogP contribution in [0.4, 0.5) is 5.69 Å². The Morgan fingerprint density at radius 3 is 2.41 bits per heavy atom. The number of hydrogen-bond acceptors (Lipinski definition) is 3. The normalized spacial score (nSPS) is 21.2. The summed E-state index contributed by atoms with van der Waals surface area (Å²) in [6.07, 6.45) is -1.08. The van der Waals surface area contributed by atoms with E-state index < -0.39 is 11.7 Å². The van der Waals surface area contributed by atoms with Crippen molar-refractivity contribution in [2.75, 3.05) is 12.0 Å². The molecule has 2 atom stereocenters. The number of aliphatic hydroxyl groups is 1. The van der Waals surface area contributed by atoms with Gasteiger partial charge >= 0.3 is 0 Å². The van der Waals surface area contributed by atoms with Crippen LogP contribution in [0.15, 0.2) is 72.8 Å². The summed E-state index contributed by atoms with van der Waals surface area (Å²) in [6, 6.07) is 22.4. The smallest absolute Gasteiger partial charge is 0.260 e. The number of carbonyl (C=O) groups is 1. The van der Waals surface area contributed by atoms with E-state index in [1.807, 2.05) is 49.4 Å². The lowest BCUT2D eigenvalue weighted by molar-refractivity contribution is -0.145. The van der Waals surface area contributed by atoms with E-state index >= 15 is 0 Å². The molecule has 3 aromatic rings. The number of aryl methyl sites for hydroxylation is 1. The molecular weight excluding hydrogens is 386 g/mol. The van der Waals surface area contributed by atoms with Crippen molar-refractivity contribution in [1.82, 2.24) is 0 Å². The van der Waals surface area contributed by atoms with Crippen LogP contribution in [0, 0.1) is 6.92 Å². The van der Waals surface area contributed by atoms with Gasteiger partial charge in [-0.1, -0.05) is 77.8 Å². The maximum absolute atomic E-state index is 13.5. The molecule has 0 bridgehead atoms. The average molecular weight is 408 g/mol. The van der Waals surface area contributed by atoms with Gasteiger partial charge in [0.25, 0.3) is 5.91 Å². The van der Waals surface area contributed by atoms with Gasteiger partial charge in [-0.05, 0) is 30.2 Å². The van der Waals surface area contributed by atoms with Crippen molar-refractivity contribution in [2.24, 2.45) is 0 Å². The van der Waals surface area contributed by atoms with Crippen LogP contribution in [-0.4, -0.2) is 24.2 Å². The Hall–Kier alpha value is -2.66. The Morgan fingerprint density at radius 1 is 1.07 bits per heavy atom. The highest BCUT2D eigenvalue weighted by atomic mass is 35.5. The molecule has 0 spiro atoms. The van der Waals surface area contributed by atoms with E-state index in [0.29, 0.717) is 28.4 Å². The van der Waals surface area contributed by atoms with Gasteiger partial charge in [0.15, 0.2) is 11.7 Å². The number of hydrogen-bond donors (Lipinski definition) is 1. The zero-order chi connectivity index (χ0) is 20.6. The van der Waals surface area contributed by atoms with Gasteiger partial charge in [0.05, 0.1) is 12.2 Å². The number of benzene rings is 3. The SMILES string of the molecule is COC1C(=O)N(Cc2ccc(C)cc2)c2cc(Cl)ccc2C1(O)c1ccccc1. The second-order valence-corrected chi connectivity index (χ2v) is 7.76. The van der Waals surface area contributed by atoms with Crippen LogP contribution >= 0.6 is 11.6 Å². The highest BCUT2D eigenvalue weighted by Crippen LogP contribution is 2.45. The summed E-state index contributed by atoms with van der Waals surface area (Å²) in [5.74, 6) is -0.311. The highest BCUT2D eigenvalue weighted by Gasteiger charge is 2.52. The largest absolute Gasteiger partial charge is 0.377 e. The topological polar surface area (TPSA) is 49.8 Å². The molecular formula is C24H22ClNO3. The lowest BCUT2D eigenvalue weighted by Crippen LogP contribution is -2.57. The number of ether oxygens (including phenoxy) is 1. The predicted molar refractivity (Wildman–Crippen MR) is 114 cm³/mol. The van der Waals surface area contributed by atoms with Crippen molar-refractivity contribution in [1.29, 1.82) is 0 Å². The van der Waals surface area contributed by atoms with Crippen LogP contribution in [0.25, 0.3) is 0 Å². The maximum atomic E-state index is 13.5. The number of fused-ring (bicyclic) bond motifs is 1. The highest BCUT2D eigenvalue weighted by molar-refractivity contribution is 6.31. The quantitative estimate of drug-likeness (QED) is 0.695. The van der Waals surface area contributed by atoms with Crippen molar-refractivity contribution in [3.8, 4) is 0 Å². The zero-order valence-corrected chi connectivity index (χ0v) is 17.1. The molecule has 1 amide bonds. The molecule has 5 heteroatoms. The van der Waals surface area contributed by atoms with E-state index in [2.05, 4.69) is 0 Å². The summed E-state index contributed by atoms with van der Waals surface area (Å²) in [7, 11) is 1.45. The third-order valence-corrected chi connectivity index (χ3v) is 5.68. The van der Waals surface area contributed by atoms with Crippen molar-refractivity contribution in [3.63, 3.8) is 0 Å². The lowest BCUT2D eigenvalue weighted by Gasteiger charge is -2.44. The summed E-state index contributed by atoms with van der Waals surface area (Å²) < 4.78 is 5.57. The van der Waals surface area contributed by atoms with E-state index in [1.54, 1.807) is 35.2 Å². The van der Waals surface area contributed by atoms with Gasteiger partial charge in [0.1, 0.15) is 0 Å². The van der Waals surface area contributed by atoms with Crippen molar-refractivity contribution in [2.45, 2.75) is 25.2 Å². The minimum atomic E-state index is -1.61. The Labute approximate surface area is 175 Å². The van der Waals surface area contributed by atoms with Crippen LogP contribution < -0.4 is 4.90 Å². The molecule has 0 radical (unpaired) electrons. The van der Waals surface area contributed by atoms with Crippen LogP contribution in [-0.2, 0) is 21.7 Å². The Balaban J connectivity index is 1.89. The fraction of sp³-hybridized carbons (Fsp3) is 0.208. The Morgan fingerprint density at radius 2 is 1.76 bits per heavy atom. The third-order valence-electron chi connectivity index (χ3n) is 5.44. The van der Waals surface area contributed by atoms with Gasteiger partial charge in [-0.15, -0.1) is 0 Å². The summed E-state index contributed by atoms with van der Waals surface area (Å²) in [4.78, 5) is 15.1. The molecule has 1 heterocycles. The summed E-state index contributed by atoms with van der Waals surface area (Å²) >= 11 is 6.27. The second-order valence-electron chi connectivity index (χ2n) is 7.32. The first-order chi connectivity index (χ1) is 13.9. The van der Waals surface area contributed by atoms with E-state index in [1.165, 1.54) is 7.11 Å². The summed E-state index contributed by atoms with van der Waals surface area (Å²) in [5, 5.41) is 12.3. The summed E-state index contributed by atoms with van der Waals surface area (Å²) in [6.45, 7) is 2.38. The number of halogens is 1. The van der Waals surface area contributed by atoms with Crippen LogP contribution in [0.5, 0.6) is 0 Å². The monoisotopic (exact) mass is 407 g/mol. The molecule has 0 aliphatic carbocycles. The van der Waals surface area contributed by atoms with Crippen molar-refractivity contribution < 1.29 is 14.6 Å². The van der Waals surface area contributed by atoms with Gasteiger partial charge in [0, 0.05) is 17.7 Å². The molecule has 0 aromatic heterocycles. The fourth-order valence-corrected chi connectivity index (χ4v) is 4.11. The molecule has 1 aliphatic heterocycles. The molecule has 0 fully saturated rings. The second kappa shape index (κ2) is 7.64. The van der Waals surface area contributed by atoms with E-state index in [4.69, 9.17) is 16.3 Å². The Kier molecular flexibility index (Phi) is 5.17. The van der Waals surface area contributed by atoms with Gasteiger partial charge < -0.3 is 14.7 Å². The first kappa shape index (κ1) is 19.6. The van der Waals surface area contributed by atoms with Crippen LogP contribution in [0.3, 0.4) is 0 Å².